The first kappa shape index (κ1) is 13.1. The lowest BCUT2D eigenvalue weighted by Gasteiger charge is -2.10. The second-order valence-electron chi connectivity index (χ2n) is 3.18. The number of halogens is 2. The van der Waals surface area contributed by atoms with Crippen molar-refractivity contribution in [2.45, 2.75) is 13.3 Å². The number of anilines is 1. The Morgan fingerprint density at radius 2 is 1.94 bits per heavy atom. The molecule has 1 amide bonds. The van der Waals surface area contributed by atoms with Gasteiger partial charge in [0.2, 0.25) is 5.91 Å². The molecule has 0 aromatic heterocycles. The molecule has 4 nitrogen and oxygen atoms in total. The summed E-state index contributed by atoms with van der Waals surface area (Å²) in [6, 6.07) is 3.28. The summed E-state index contributed by atoms with van der Waals surface area (Å²) in [5.41, 5.74) is 2.85. The van der Waals surface area contributed by atoms with Crippen molar-refractivity contribution in [3.63, 3.8) is 0 Å². The van der Waals surface area contributed by atoms with E-state index in [-0.39, 0.29) is 6.42 Å². The number of benzene rings is 1. The SMILES string of the molecule is CCNc1c(Cl)cc(CC(=O)NO)cc1Cl. The highest BCUT2D eigenvalue weighted by Gasteiger charge is 2.09. The van der Waals surface area contributed by atoms with E-state index >= 15 is 0 Å². The average Bonchev–Trinajstić information content (AvgIpc) is 2.23. The Morgan fingerprint density at radius 1 is 1.38 bits per heavy atom. The van der Waals surface area contributed by atoms with Crippen LogP contribution in [0.2, 0.25) is 10.0 Å². The first-order chi connectivity index (χ1) is 7.58. The molecule has 1 rings (SSSR count). The van der Waals surface area contributed by atoms with Crippen LogP contribution in [0.15, 0.2) is 12.1 Å². The molecule has 0 saturated heterocycles. The van der Waals surface area contributed by atoms with Crippen LogP contribution in [0.25, 0.3) is 0 Å². The zero-order valence-electron chi connectivity index (χ0n) is 8.68. The van der Waals surface area contributed by atoms with Crippen LogP contribution in [0.3, 0.4) is 0 Å². The lowest BCUT2D eigenvalue weighted by Crippen LogP contribution is -2.20. The lowest BCUT2D eigenvalue weighted by atomic mass is 10.1. The third-order valence-electron chi connectivity index (χ3n) is 1.94. The molecule has 0 spiro atoms. The van der Waals surface area contributed by atoms with Crippen LogP contribution in [0.5, 0.6) is 0 Å². The van der Waals surface area contributed by atoms with Crippen LogP contribution < -0.4 is 10.8 Å². The molecule has 0 bridgehead atoms. The molecule has 0 aliphatic rings. The van der Waals surface area contributed by atoms with Gasteiger partial charge in [-0.1, -0.05) is 23.2 Å². The molecule has 0 fully saturated rings. The Labute approximate surface area is 104 Å². The van der Waals surface area contributed by atoms with E-state index in [0.29, 0.717) is 27.8 Å². The molecule has 0 aliphatic carbocycles. The minimum atomic E-state index is -0.511. The second-order valence-corrected chi connectivity index (χ2v) is 3.99. The number of hydrogen-bond acceptors (Lipinski definition) is 3. The van der Waals surface area contributed by atoms with Crippen LogP contribution in [0.1, 0.15) is 12.5 Å². The highest BCUT2D eigenvalue weighted by atomic mass is 35.5. The Morgan fingerprint density at radius 3 is 2.38 bits per heavy atom. The Kier molecular flexibility index (Phi) is 4.86. The van der Waals surface area contributed by atoms with Crippen molar-refractivity contribution >= 4 is 34.8 Å². The lowest BCUT2D eigenvalue weighted by molar-refractivity contribution is -0.128. The fraction of sp³-hybridized carbons (Fsp3) is 0.300. The molecule has 16 heavy (non-hydrogen) atoms. The molecular weight excluding hydrogens is 251 g/mol. The van der Waals surface area contributed by atoms with E-state index in [4.69, 9.17) is 28.4 Å². The standard InChI is InChI=1S/C10H12Cl2N2O2/c1-2-13-10-7(11)3-6(4-8(10)12)5-9(15)14-16/h3-4,13,16H,2,5H2,1H3,(H,14,15). The number of rotatable bonds is 4. The van der Waals surface area contributed by atoms with E-state index in [1.54, 1.807) is 17.6 Å². The number of nitrogens with one attached hydrogen (secondary N) is 2. The van der Waals surface area contributed by atoms with Crippen LogP contribution in [0, 0.1) is 0 Å². The number of hydroxylamine groups is 1. The van der Waals surface area contributed by atoms with Crippen LogP contribution in [-0.2, 0) is 11.2 Å². The van der Waals surface area contributed by atoms with Gasteiger partial charge in [0.05, 0.1) is 22.2 Å². The summed E-state index contributed by atoms with van der Waals surface area (Å²) in [5, 5.41) is 12.3. The van der Waals surface area contributed by atoms with Crippen molar-refractivity contribution in [3.8, 4) is 0 Å². The van der Waals surface area contributed by atoms with Gasteiger partial charge < -0.3 is 5.32 Å². The molecule has 0 unspecified atom stereocenters. The number of carbonyl (C=O) groups is 1. The van der Waals surface area contributed by atoms with Gasteiger partial charge in [-0.15, -0.1) is 0 Å². The van der Waals surface area contributed by atoms with Crippen LogP contribution in [-0.4, -0.2) is 17.7 Å². The summed E-state index contributed by atoms with van der Waals surface area (Å²) >= 11 is 12.0. The van der Waals surface area contributed by atoms with Crippen molar-refractivity contribution in [1.82, 2.24) is 5.48 Å². The minimum Gasteiger partial charge on any atom is -0.383 e. The third-order valence-corrected chi connectivity index (χ3v) is 2.54. The summed E-state index contributed by atoms with van der Waals surface area (Å²) < 4.78 is 0. The summed E-state index contributed by atoms with van der Waals surface area (Å²) in [6.45, 7) is 2.63. The molecule has 3 N–H and O–H groups in total. The van der Waals surface area contributed by atoms with E-state index in [0.717, 1.165) is 0 Å². The van der Waals surface area contributed by atoms with E-state index in [1.807, 2.05) is 6.92 Å². The van der Waals surface area contributed by atoms with Crippen molar-refractivity contribution in [2.24, 2.45) is 0 Å². The summed E-state index contributed by atoms with van der Waals surface area (Å²) in [7, 11) is 0. The molecule has 1 aromatic carbocycles. The topological polar surface area (TPSA) is 61.4 Å². The van der Waals surface area contributed by atoms with Crippen molar-refractivity contribution in [3.05, 3.63) is 27.7 Å². The van der Waals surface area contributed by atoms with Gasteiger partial charge in [0, 0.05) is 6.54 Å². The predicted molar refractivity (Wildman–Crippen MR) is 64.3 cm³/mol. The minimum absolute atomic E-state index is 0.0301. The molecule has 6 heteroatoms. The quantitative estimate of drug-likeness (QED) is 0.577. The highest BCUT2D eigenvalue weighted by molar-refractivity contribution is 6.39. The fourth-order valence-corrected chi connectivity index (χ4v) is 1.96. The monoisotopic (exact) mass is 262 g/mol. The maximum absolute atomic E-state index is 11.0. The zero-order chi connectivity index (χ0) is 12.1. The summed E-state index contributed by atoms with van der Waals surface area (Å²) in [4.78, 5) is 11.0. The maximum atomic E-state index is 11.0. The molecule has 88 valence electrons. The van der Waals surface area contributed by atoms with Gasteiger partial charge in [0.1, 0.15) is 0 Å². The van der Waals surface area contributed by atoms with E-state index in [9.17, 15) is 4.79 Å². The molecule has 0 radical (unpaired) electrons. The Hall–Kier alpha value is -0.970. The molecule has 0 heterocycles. The Balaban J connectivity index is 2.95. The molecule has 1 aromatic rings. The van der Waals surface area contributed by atoms with Crippen molar-refractivity contribution in [2.75, 3.05) is 11.9 Å². The van der Waals surface area contributed by atoms with Crippen LogP contribution in [0.4, 0.5) is 5.69 Å². The third kappa shape index (κ3) is 3.27. The molecule has 0 atom stereocenters. The predicted octanol–water partition coefficient (Wildman–Crippen LogP) is 2.47. The van der Waals surface area contributed by atoms with Gasteiger partial charge >= 0.3 is 0 Å². The highest BCUT2D eigenvalue weighted by Crippen LogP contribution is 2.31. The fourth-order valence-electron chi connectivity index (χ4n) is 1.30. The van der Waals surface area contributed by atoms with E-state index < -0.39 is 5.91 Å². The zero-order valence-corrected chi connectivity index (χ0v) is 10.2. The summed E-state index contributed by atoms with van der Waals surface area (Å²) in [5.74, 6) is -0.511. The van der Waals surface area contributed by atoms with E-state index in [2.05, 4.69) is 5.32 Å². The van der Waals surface area contributed by atoms with Gasteiger partial charge in [-0.2, -0.15) is 0 Å². The normalized spacial score (nSPS) is 10.0. The van der Waals surface area contributed by atoms with Gasteiger partial charge in [-0.25, -0.2) is 5.48 Å². The molecule has 0 aliphatic heterocycles. The maximum Gasteiger partial charge on any atom is 0.247 e. The van der Waals surface area contributed by atoms with Crippen molar-refractivity contribution in [1.29, 1.82) is 0 Å². The Bertz CT molecular complexity index is 373. The van der Waals surface area contributed by atoms with Crippen LogP contribution >= 0.6 is 23.2 Å². The van der Waals surface area contributed by atoms with Gasteiger partial charge in [-0.3, -0.25) is 10.0 Å². The van der Waals surface area contributed by atoms with Crippen molar-refractivity contribution < 1.29 is 10.0 Å². The molecular formula is C10H12Cl2N2O2. The largest absolute Gasteiger partial charge is 0.383 e. The number of amides is 1. The van der Waals surface area contributed by atoms with Gasteiger partial charge in [0.15, 0.2) is 0 Å². The summed E-state index contributed by atoms with van der Waals surface area (Å²) in [6.07, 6.45) is 0.0301. The smallest absolute Gasteiger partial charge is 0.247 e. The van der Waals surface area contributed by atoms with E-state index in [1.165, 1.54) is 0 Å². The first-order valence-electron chi connectivity index (χ1n) is 4.73. The van der Waals surface area contributed by atoms with Gasteiger partial charge in [-0.05, 0) is 24.6 Å². The molecule has 0 saturated carbocycles. The number of carbonyl (C=O) groups excluding carboxylic acids is 1. The first-order valence-corrected chi connectivity index (χ1v) is 5.48. The average molecular weight is 263 g/mol. The number of hydrogen-bond donors (Lipinski definition) is 3. The second kappa shape index (κ2) is 5.94. The van der Waals surface area contributed by atoms with Gasteiger partial charge in [0.25, 0.3) is 0 Å².